The van der Waals surface area contributed by atoms with E-state index in [2.05, 4.69) is 30.4 Å². The quantitative estimate of drug-likeness (QED) is 0.863. The maximum atomic E-state index is 8.82. The van der Waals surface area contributed by atoms with Gasteiger partial charge in [0.15, 0.2) is 0 Å². The zero-order valence-corrected chi connectivity index (χ0v) is 9.77. The largest absolute Gasteiger partial charge is 0.381 e. The summed E-state index contributed by atoms with van der Waals surface area (Å²) in [5.41, 5.74) is 4.18. The summed E-state index contributed by atoms with van der Waals surface area (Å²) in [5, 5.41) is 12.2. The molecular weight excluding hydrogens is 208 g/mol. The average molecular weight is 222 g/mol. The van der Waals surface area contributed by atoms with E-state index in [4.69, 9.17) is 5.26 Å². The Labute approximate surface area is 102 Å². The number of benzene rings is 2. The number of hydrogen-bond acceptors (Lipinski definition) is 2. The zero-order valence-electron chi connectivity index (χ0n) is 9.77. The second kappa shape index (κ2) is 5.18. The van der Waals surface area contributed by atoms with Crippen molar-refractivity contribution in [2.45, 2.75) is 13.5 Å². The molecule has 0 fully saturated rings. The van der Waals surface area contributed by atoms with Gasteiger partial charge in [0.1, 0.15) is 0 Å². The fraction of sp³-hybridized carbons (Fsp3) is 0.133. The van der Waals surface area contributed by atoms with Gasteiger partial charge in [0.05, 0.1) is 11.6 Å². The van der Waals surface area contributed by atoms with Crippen LogP contribution in [0.25, 0.3) is 0 Å². The second-order valence-electron chi connectivity index (χ2n) is 3.98. The number of para-hydroxylation sites is 1. The molecule has 0 aliphatic heterocycles. The van der Waals surface area contributed by atoms with Crippen LogP contribution in [0.15, 0.2) is 48.5 Å². The molecule has 2 aromatic rings. The number of aryl methyl sites for hydroxylation is 1. The number of nitriles is 1. The van der Waals surface area contributed by atoms with Crippen LogP contribution >= 0.6 is 0 Å². The molecule has 17 heavy (non-hydrogen) atoms. The van der Waals surface area contributed by atoms with Crippen molar-refractivity contribution in [1.82, 2.24) is 0 Å². The summed E-state index contributed by atoms with van der Waals surface area (Å²) in [6.45, 7) is 2.81. The molecule has 0 aromatic heterocycles. The van der Waals surface area contributed by atoms with E-state index in [9.17, 15) is 0 Å². The SMILES string of the molecule is Cc1ccccc1NCc1cccc(C#N)c1. The fourth-order valence-electron chi connectivity index (χ4n) is 1.72. The van der Waals surface area contributed by atoms with Crippen molar-refractivity contribution >= 4 is 5.69 Å². The molecule has 0 saturated heterocycles. The summed E-state index contributed by atoms with van der Waals surface area (Å²) < 4.78 is 0. The first-order chi connectivity index (χ1) is 8.29. The van der Waals surface area contributed by atoms with E-state index in [1.54, 1.807) is 0 Å². The van der Waals surface area contributed by atoms with Crippen LogP contribution < -0.4 is 5.32 Å². The van der Waals surface area contributed by atoms with E-state index in [1.165, 1.54) is 5.56 Å². The highest BCUT2D eigenvalue weighted by Crippen LogP contribution is 2.14. The van der Waals surface area contributed by atoms with Crippen molar-refractivity contribution in [2.75, 3.05) is 5.32 Å². The Morgan fingerprint density at radius 1 is 1.12 bits per heavy atom. The Morgan fingerprint density at radius 3 is 2.71 bits per heavy atom. The number of rotatable bonds is 3. The molecule has 0 aliphatic rings. The minimum absolute atomic E-state index is 0.703. The van der Waals surface area contributed by atoms with Crippen LogP contribution in [0.1, 0.15) is 16.7 Å². The van der Waals surface area contributed by atoms with Crippen molar-refractivity contribution in [2.24, 2.45) is 0 Å². The molecule has 2 heteroatoms. The molecule has 84 valence electrons. The molecular formula is C15H14N2. The molecule has 1 N–H and O–H groups in total. The molecule has 0 unspecified atom stereocenters. The van der Waals surface area contributed by atoms with E-state index in [-0.39, 0.29) is 0 Å². The Morgan fingerprint density at radius 2 is 1.94 bits per heavy atom. The summed E-state index contributed by atoms with van der Waals surface area (Å²) in [7, 11) is 0. The van der Waals surface area contributed by atoms with Gasteiger partial charge >= 0.3 is 0 Å². The first-order valence-electron chi connectivity index (χ1n) is 5.58. The van der Waals surface area contributed by atoms with Gasteiger partial charge in [0.25, 0.3) is 0 Å². The van der Waals surface area contributed by atoms with Crippen molar-refractivity contribution in [3.05, 3.63) is 65.2 Å². The maximum Gasteiger partial charge on any atom is 0.0991 e. The Bertz CT molecular complexity index is 553. The van der Waals surface area contributed by atoms with Crippen LogP contribution in [0.5, 0.6) is 0 Å². The molecule has 0 aliphatic carbocycles. The van der Waals surface area contributed by atoms with Gasteiger partial charge in [-0.2, -0.15) is 5.26 Å². The first kappa shape index (κ1) is 11.2. The van der Waals surface area contributed by atoms with E-state index < -0.39 is 0 Å². The van der Waals surface area contributed by atoms with Crippen LogP contribution in [0, 0.1) is 18.3 Å². The number of nitrogens with one attached hydrogen (secondary N) is 1. The van der Waals surface area contributed by atoms with E-state index >= 15 is 0 Å². The van der Waals surface area contributed by atoms with Gasteiger partial charge in [0.2, 0.25) is 0 Å². The summed E-state index contributed by atoms with van der Waals surface area (Å²) >= 11 is 0. The predicted octanol–water partition coefficient (Wildman–Crippen LogP) is 3.48. The van der Waals surface area contributed by atoms with E-state index in [0.717, 1.165) is 17.8 Å². The highest BCUT2D eigenvalue weighted by Gasteiger charge is 1.98. The molecule has 0 radical (unpaired) electrons. The summed E-state index contributed by atoms with van der Waals surface area (Å²) in [6.07, 6.45) is 0. The summed E-state index contributed by atoms with van der Waals surface area (Å²) in [6, 6.07) is 18.0. The van der Waals surface area contributed by atoms with Crippen LogP contribution in [0.3, 0.4) is 0 Å². The molecule has 2 aromatic carbocycles. The Kier molecular flexibility index (Phi) is 3.42. The van der Waals surface area contributed by atoms with Gasteiger partial charge in [-0.05, 0) is 36.2 Å². The summed E-state index contributed by atoms with van der Waals surface area (Å²) in [4.78, 5) is 0. The highest BCUT2D eigenvalue weighted by atomic mass is 14.9. The minimum Gasteiger partial charge on any atom is -0.381 e. The summed E-state index contributed by atoms with van der Waals surface area (Å²) in [5.74, 6) is 0. The third-order valence-electron chi connectivity index (χ3n) is 2.68. The molecule has 0 bridgehead atoms. The minimum atomic E-state index is 0.703. The third-order valence-corrected chi connectivity index (χ3v) is 2.68. The highest BCUT2D eigenvalue weighted by molar-refractivity contribution is 5.50. The van der Waals surface area contributed by atoms with Crippen LogP contribution in [-0.2, 0) is 6.54 Å². The standard InChI is InChI=1S/C15H14N2/c1-12-5-2-3-8-15(12)17-11-14-7-4-6-13(9-14)10-16/h2-9,17H,11H2,1H3. The van der Waals surface area contributed by atoms with Crippen molar-refractivity contribution in [3.63, 3.8) is 0 Å². The smallest absolute Gasteiger partial charge is 0.0991 e. The van der Waals surface area contributed by atoms with E-state index in [1.807, 2.05) is 36.4 Å². The second-order valence-corrected chi connectivity index (χ2v) is 3.98. The van der Waals surface area contributed by atoms with Crippen LogP contribution in [0.2, 0.25) is 0 Å². The predicted molar refractivity (Wildman–Crippen MR) is 69.7 cm³/mol. The van der Waals surface area contributed by atoms with Crippen LogP contribution in [0.4, 0.5) is 5.69 Å². The molecule has 0 heterocycles. The van der Waals surface area contributed by atoms with Gasteiger partial charge < -0.3 is 5.32 Å². The normalized spacial score (nSPS) is 9.65. The lowest BCUT2D eigenvalue weighted by atomic mass is 10.1. The Hall–Kier alpha value is -2.27. The van der Waals surface area contributed by atoms with Crippen molar-refractivity contribution < 1.29 is 0 Å². The number of hydrogen-bond donors (Lipinski definition) is 1. The zero-order chi connectivity index (χ0) is 12.1. The maximum absolute atomic E-state index is 8.82. The van der Waals surface area contributed by atoms with Gasteiger partial charge in [-0.25, -0.2) is 0 Å². The molecule has 0 amide bonds. The van der Waals surface area contributed by atoms with Gasteiger partial charge in [-0.3, -0.25) is 0 Å². The van der Waals surface area contributed by atoms with Gasteiger partial charge in [0, 0.05) is 12.2 Å². The average Bonchev–Trinajstić information content (AvgIpc) is 2.38. The number of nitrogens with zero attached hydrogens (tertiary/aromatic N) is 1. The molecule has 2 nitrogen and oxygen atoms in total. The lowest BCUT2D eigenvalue weighted by Gasteiger charge is -2.09. The van der Waals surface area contributed by atoms with Crippen LogP contribution in [-0.4, -0.2) is 0 Å². The Balaban J connectivity index is 2.08. The van der Waals surface area contributed by atoms with E-state index in [0.29, 0.717) is 5.56 Å². The topological polar surface area (TPSA) is 35.8 Å². The molecule has 2 rings (SSSR count). The molecule has 0 atom stereocenters. The van der Waals surface area contributed by atoms with Crippen molar-refractivity contribution in [3.8, 4) is 6.07 Å². The van der Waals surface area contributed by atoms with Gasteiger partial charge in [-0.15, -0.1) is 0 Å². The van der Waals surface area contributed by atoms with Crippen molar-refractivity contribution in [1.29, 1.82) is 5.26 Å². The number of anilines is 1. The monoisotopic (exact) mass is 222 g/mol. The molecule has 0 saturated carbocycles. The lowest BCUT2D eigenvalue weighted by molar-refractivity contribution is 1.14. The van der Waals surface area contributed by atoms with Gasteiger partial charge in [-0.1, -0.05) is 30.3 Å². The third kappa shape index (κ3) is 2.85. The molecule has 0 spiro atoms. The fourth-order valence-corrected chi connectivity index (χ4v) is 1.72. The first-order valence-corrected chi connectivity index (χ1v) is 5.58. The lowest BCUT2D eigenvalue weighted by Crippen LogP contribution is -2.00.